The van der Waals surface area contributed by atoms with Gasteiger partial charge in [-0.25, -0.2) is 0 Å². The number of carboxylic acid groups (broad SMARTS) is 1. The first kappa shape index (κ1) is 18.0. The molecule has 1 saturated heterocycles. The molecule has 5 rings (SSSR count). The molecule has 3 fully saturated rings. The van der Waals surface area contributed by atoms with Gasteiger partial charge >= 0.3 is 0 Å². The quantitative estimate of drug-likeness (QED) is 0.608. The number of benzene rings is 1. The van der Waals surface area contributed by atoms with Gasteiger partial charge in [0, 0.05) is 17.4 Å². The zero-order chi connectivity index (χ0) is 20.4. The first-order valence-corrected chi connectivity index (χ1v) is 9.47. The van der Waals surface area contributed by atoms with E-state index < -0.39 is 36.2 Å². The van der Waals surface area contributed by atoms with E-state index in [1.165, 1.54) is 0 Å². The number of hydrogen-bond donors (Lipinski definition) is 0. The second-order valence-corrected chi connectivity index (χ2v) is 7.89. The fourth-order valence-electron chi connectivity index (χ4n) is 5.71. The Labute approximate surface area is 166 Å². The minimum absolute atomic E-state index is 0.118. The molecule has 152 valence electrons. The normalized spacial score (nSPS) is 34.0. The van der Waals surface area contributed by atoms with Crippen LogP contribution >= 0.6 is 0 Å². The number of nitrogens with zero attached hydrogens (tertiary/aromatic N) is 2. The number of oxime groups is 1. The number of carbonyl (C=O) groups excluding carboxylic acids is 3. The third-order valence-corrected chi connectivity index (χ3v) is 6.75. The summed E-state index contributed by atoms with van der Waals surface area (Å²) in [5, 5.41) is 15.3. The predicted octanol–water partition coefficient (Wildman–Crippen LogP) is -0.576. The predicted molar refractivity (Wildman–Crippen MR) is 94.8 cm³/mol. The van der Waals surface area contributed by atoms with Gasteiger partial charge in [-0.3, -0.25) is 14.5 Å². The molecule has 9 nitrogen and oxygen atoms in total. The summed E-state index contributed by atoms with van der Waals surface area (Å²) in [6.07, 6.45) is 0.400. The van der Waals surface area contributed by atoms with Crippen LogP contribution in [0.3, 0.4) is 0 Å². The summed E-state index contributed by atoms with van der Waals surface area (Å²) >= 11 is 0. The van der Waals surface area contributed by atoms with E-state index in [0.717, 1.165) is 16.2 Å². The maximum absolute atomic E-state index is 12.8. The zero-order valence-corrected chi connectivity index (χ0v) is 15.9. The minimum Gasteiger partial charge on any atom is -0.548 e. The summed E-state index contributed by atoms with van der Waals surface area (Å²) in [4.78, 5) is 43.1. The molecule has 0 spiro atoms. The van der Waals surface area contributed by atoms with Gasteiger partial charge in [-0.05, 0) is 30.5 Å². The molecule has 1 aromatic rings. The van der Waals surface area contributed by atoms with E-state index in [1.54, 1.807) is 20.3 Å². The Hall–Kier alpha value is -3.10. The Morgan fingerprint density at radius 1 is 1.14 bits per heavy atom. The van der Waals surface area contributed by atoms with Gasteiger partial charge in [0.2, 0.25) is 11.8 Å². The zero-order valence-electron chi connectivity index (χ0n) is 15.9. The van der Waals surface area contributed by atoms with Crippen LogP contribution in [0.2, 0.25) is 0 Å². The van der Waals surface area contributed by atoms with Crippen molar-refractivity contribution in [1.29, 1.82) is 0 Å². The van der Waals surface area contributed by atoms with Crippen molar-refractivity contribution in [2.24, 2.45) is 34.7 Å². The molecular weight excluding hydrogens is 380 g/mol. The van der Waals surface area contributed by atoms with Crippen molar-refractivity contribution in [3.8, 4) is 11.5 Å². The van der Waals surface area contributed by atoms with Crippen molar-refractivity contribution in [2.75, 3.05) is 20.8 Å². The number of amides is 2. The highest BCUT2D eigenvalue weighted by Crippen LogP contribution is 2.61. The van der Waals surface area contributed by atoms with E-state index in [1.807, 2.05) is 12.1 Å². The number of imide groups is 1. The largest absolute Gasteiger partial charge is 0.548 e. The van der Waals surface area contributed by atoms with Crippen molar-refractivity contribution >= 4 is 23.5 Å². The van der Waals surface area contributed by atoms with E-state index >= 15 is 0 Å². The van der Waals surface area contributed by atoms with E-state index in [9.17, 15) is 19.5 Å². The summed E-state index contributed by atoms with van der Waals surface area (Å²) < 4.78 is 10.7. The Balaban J connectivity index is 1.46. The summed E-state index contributed by atoms with van der Waals surface area (Å²) in [6, 6.07) is 5.46. The average Bonchev–Trinajstić information content (AvgIpc) is 3.44. The van der Waals surface area contributed by atoms with Crippen molar-refractivity contribution in [1.82, 2.24) is 4.90 Å². The van der Waals surface area contributed by atoms with Crippen LogP contribution in [0.4, 0.5) is 0 Å². The highest BCUT2D eigenvalue weighted by molar-refractivity contribution is 6.10. The second-order valence-electron chi connectivity index (χ2n) is 7.89. The summed E-state index contributed by atoms with van der Waals surface area (Å²) in [5.74, 6) is -2.60. The standard InChI is InChI=1S/C20H20N2O7/c1-27-11-4-3-8(5-12(11)28-2)17-16-9-6-10(18(16)29-21-17)15-14(9)19(25)22(20(15)26)7-13(23)24/h3-5,9-10,14-16,18H,6-7H2,1-2H3,(H,23,24)/p-1/t9-,10+,14+,15-,16+,18+/m0/s1. The Kier molecular flexibility index (Phi) is 3.84. The van der Waals surface area contributed by atoms with Gasteiger partial charge in [0.1, 0.15) is 6.10 Å². The maximum atomic E-state index is 12.8. The van der Waals surface area contributed by atoms with Crippen molar-refractivity contribution in [2.45, 2.75) is 12.5 Å². The molecule has 0 unspecified atom stereocenters. The lowest BCUT2D eigenvalue weighted by Crippen LogP contribution is -2.42. The molecule has 9 heteroatoms. The second kappa shape index (κ2) is 6.20. The van der Waals surface area contributed by atoms with Gasteiger partial charge in [-0.1, -0.05) is 5.16 Å². The van der Waals surface area contributed by atoms with Crippen molar-refractivity contribution < 1.29 is 33.8 Å². The van der Waals surface area contributed by atoms with Crippen LogP contribution < -0.4 is 14.6 Å². The summed E-state index contributed by atoms with van der Waals surface area (Å²) in [7, 11) is 3.11. The molecule has 2 aliphatic heterocycles. The molecule has 2 saturated carbocycles. The van der Waals surface area contributed by atoms with Gasteiger partial charge in [0.25, 0.3) is 0 Å². The first-order valence-electron chi connectivity index (χ1n) is 9.47. The molecule has 2 bridgehead atoms. The number of carboxylic acids is 1. The number of fused-ring (bicyclic) bond motifs is 8. The smallest absolute Gasteiger partial charge is 0.233 e. The molecule has 2 amide bonds. The molecule has 0 N–H and O–H groups in total. The maximum Gasteiger partial charge on any atom is 0.233 e. The molecule has 0 radical (unpaired) electrons. The van der Waals surface area contributed by atoms with Crippen LogP contribution in [0, 0.1) is 29.6 Å². The van der Waals surface area contributed by atoms with Crippen LogP contribution in [0.15, 0.2) is 23.4 Å². The molecule has 1 aromatic carbocycles. The third-order valence-electron chi connectivity index (χ3n) is 6.75. The third kappa shape index (κ3) is 2.33. The fraction of sp³-hybridized carbons (Fsp3) is 0.500. The van der Waals surface area contributed by atoms with Gasteiger partial charge < -0.3 is 24.2 Å². The van der Waals surface area contributed by atoms with Gasteiger partial charge in [0.15, 0.2) is 11.5 Å². The van der Waals surface area contributed by atoms with E-state index in [-0.39, 0.29) is 23.9 Å². The molecule has 2 heterocycles. The lowest BCUT2D eigenvalue weighted by Gasteiger charge is -2.30. The molecule has 29 heavy (non-hydrogen) atoms. The van der Waals surface area contributed by atoms with Crippen molar-refractivity contribution in [3.05, 3.63) is 23.8 Å². The monoisotopic (exact) mass is 399 g/mol. The average molecular weight is 399 g/mol. The summed E-state index contributed by atoms with van der Waals surface area (Å²) in [5.41, 5.74) is 1.53. The number of ether oxygens (including phenoxy) is 2. The highest BCUT2D eigenvalue weighted by atomic mass is 16.6. The van der Waals surface area contributed by atoms with E-state index in [4.69, 9.17) is 14.3 Å². The number of aliphatic carboxylic acids is 1. The molecule has 4 aliphatic rings. The van der Waals surface area contributed by atoms with Gasteiger partial charge in [-0.2, -0.15) is 0 Å². The molecular formula is C20H19N2O7-. The van der Waals surface area contributed by atoms with Gasteiger partial charge in [-0.15, -0.1) is 0 Å². The lowest BCUT2D eigenvalue weighted by atomic mass is 9.71. The van der Waals surface area contributed by atoms with Crippen LogP contribution in [0.5, 0.6) is 11.5 Å². The molecule has 6 atom stereocenters. The molecule has 2 aliphatic carbocycles. The lowest BCUT2D eigenvalue weighted by molar-refractivity contribution is -0.305. The minimum atomic E-state index is -1.44. The Morgan fingerprint density at radius 3 is 2.48 bits per heavy atom. The molecule has 0 aromatic heterocycles. The van der Waals surface area contributed by atoms with Gasteiger partial charge in [0.05, 0.1) is 44.3 Å². The SMILES string of the molecule is COc1ccc(C2=NO[C@@H]3[C@@H]4C[C@@H]([C@H]5C(=O)N(CC(=O)[O-])C(=O)[C@@H]45)[C@H]23)cc1OC. The number of carbonyl (C=O) groups is 3. The van der Waals surface area contributed by atoms with Crippen LogP contribution in [0.1, 0.15) is 12.0 Å². The number of hydrogen-bond acceptors (Lipinski definition) is 8. The van der Waals surface area contributed by atoms with Crippen LogP contribution in [-0.2, 0) is 19.2 Å². The highest BCUT2D eigenvalue weighted by Gasteiger charge is 2.70. The fourth-order valence-corrected chi connectivity index (χ4v) is 5.71. The topological polar surface area (TPSA) is 118 Å². The number of rotatable bonds is 5. The summed E-state index contributed by atoms with van der Waals surface area (Å²) in [6.45, 7) is -0.697. The first-order chi connectivity index (χ1) is 14.0. The number of methoxy groups -OCH3 is 2. The Morgan fingerprint density at radius 2 is 1.83 bits per heavy atom. The Bertz CT molecular complexity index is 958. The van der Waals surface area contributed by atoms with Crippen molar-refractivity contribution in [3.63, 3.8) is 0 Å². The van der Waals surface area contributed by atoms with Crippen LogP contribution in [-0.4, -0.2) is 55.3 Å². The van der Waals surface area contributed by atoms with E-state index in [2.05, 4.69) is 5.16 Å². The number of likely N-dealkylation sites (tertiary alicyclic amines) is 1. The van der Waals surface area contributed by atoms with E-state index in [0.29, 0.717) is 17.9 Å². The van der Waals surface area contributed by atoms with Crippen LogP contribution in [0.25, 0.3) is 0 Å².